The van der Waals surface area contributed by atoms with E-state index in [4.69, 9.17) is 10.5 Å². The molecule has 0 saturated heterocycles. The second kappa shape index (κ2) is 4.70. The molecule has 1 aliphatic carbocycles. The predicted octanol–water partition coefficient (Wildman–Crippen LogP) is 1.59. The normalized spacial score (nSPS) is 15.1. The van der Waals surface area contributed by atoms with Crippen LogP contribution in [0.15, 0.2) is 12.3 Å². The van der Waals surface area contributed by atoms with Crippen molar-refractivity contribution < 1.29 is 4.74 Å². The van der Waals surface area contributed by atoms with E-state index in [2.05, 4.69) is 9.88 Å². The topological polar surface area (TPSA) is 51.4 Å². The Kier molecular flexibility index (Phi) is 3.29. The molecule has 0 spiro atoms. The van der Waals surface area contributed by atoms with Crippen molar-refractivity contribution in [2.24, 2.45) is 0 Å². The number of nitrogens with two attached hydrogens (primary N) is 1. The highest BCUT2D eigenvalue weighted by molar-refractivity contribution is 5.64. The molecule has 0 unspecified atom stereocenters. The van der Waals surface area contributed by atoms with Crippen LogP contribution in [0.3, 0.4) is 0 Å². The van der Waals surface area contributed by atoms with Crippen molar-refractivity contribution in [1.82, 2.24) is 4.98 Å². The second-order valence-electron chi connectivity index (χ2n) is 4.34. The van der Waals surface area contributed by atoms with Crippen LogP contribution in [0.1, 0.15) is 18.4 Å². The van der Waals surface area contributed by atoms with Gasteiger partial charge in [0, 0.05) is 25.9 Å². The Morgan fingerprint density at radius 2 is 2.31 bits per heavy atom. The van der Waals surface area contributed by atoms with Gasteiger partial charge in [0.2, 0.25) is 0 Å². The first-order chi connectivity index (χ1) is 7.72. The van der Waals surface area contributed by atoms with Gasteiger partial charge >= 0.3 is 0 Å². The zero-order valence-corrected chi connectivity index (χ0v) is 9.94. The summed E-state index contributed by atoms with van der Waals surface area (Å²) >= 11 is 0. The first kappa shape index (κ1) is 11.2. The minimum absolute atomic E-state index is 0.604. The van der Waals surface area contributed by atoms with E-state index in [0.717, 1.165) is 23.6 Å². The summed E-state index contributed by atoms with van der Waals surface area (Å²) in [7, 11) is 1.72. The third-order valence-corrected chi connectivity index (χ3v) is 2.83. The van der Waals surface area contributed by atoms with Gasteiger partial charge in [-0.2, -0.15) is 0 Å². The van der Waals surface area contributed by atoms with Gasteiger partial charge in [0.05, 0.1) is 12.3 Å². The Labute approximate surface area is 96.4 Å². The van der Waals surface area contributed by atoms with E-state index in [0.29, 0.717) is 12.6 Å². The molecule has 1 saturated carbocycles. The number of methoxy groups -OCH3 is 1. The molecule has 0 radical (unpaired) electrons. The number of hydrogen-bond acceptors (Lipinski definition) is 4. The van der Waals surface area contributed by atoms with E-state index >= 15 is 0 Å². The third kappa shape index (κ3) is 2.44. The van der Waals surface area contributed by atoms with Gasteiger partial charge < -0.3 is 15.4 Å². The lowest BCUT2D eigenvalue weighted by molar-refractivity contribution is 0.205. The fourth-order valence-corrected chi connectivity index (χ4v) is 1.86. The third-order valence-electron chi connectivity index (χ3n) is 2.83. The van der Waals surface area contributed by atoms with Crippen LogP contribution in [-0.4, -0.2) is 31.3 Å². The van der Waals surface area contributed by atoms with Crippen LogP contribution in [0.25, 0.3) is 0 Å². The molecule has 2 N–H and O–H groups in total. The van der Waals surface area contributed by atoms with Crippen molar-refractivity contribution in [2.75, 3.05) is 30.9 Å². The molecular formula is C12H19N3O. The summed E-state index contributed by atoms with van der Waals surface area (Å²) in [6.07, 6.45) is 4.34. The van der Waals surface area contributed by atoms with E-state index < -0.39 is 0 Å². The van der Waals surface area contributed by atoms with Crippen molar-refractivity contribution >= 4 is 11.5 Å². The van der Waals surface area contributed by atoms with Crippen LogP contribution in [0.4, 0.5) is 11.5 Å². The maximum absolute atomic E-state index is 6.01. The Morgan fingerprint density at radius 3 is 2.88 bits per heavy atom. The molecule has 0 bridgehead atoms. The highest BCUT2D eigenvalue weighted by atomic mass is 16.5. The number of rotatable bonds is 5. The number of pyridine rings is 1. The molecule has 0 aliphatic heterocycles. The van der Waals surface area contributed by atoms with Gasteiger partial charge in [0.15, 0.2) is 5.82 Å². The van der Waals surface area contributed by atoms with Gasteiger partial charge in [0.25, 0.3) is 0 Å². The first-order valence-electron chi connectivity index (χ1n) is 5.70. The summed E-state index contributed by atoms with van der Waals surface area (Å²) in [6.45, 7) is 3.58. The van der Waals surface area contributed by atoms with Gasteiger partial charge in [-0.3, -0.25) is 0 Å². The van der Waals surface area contributed by atoms with Crippen LogP contribution in [-0.2, 0) is 4.74 Å². The minimum atomic E-state index is 0.604. The highest BCUT2D eigenvalue weighted by Gasteiger charge is 2.30. The standard InChI is InChI=1S/C12H19N3O/c1-9-7-11(13)12(14-8-9)15(5-6-16-2)10-3-4-10/h7-8,10H,3-6,13H2,1-2H3. The molecule has 0 aromatic carbocycles. The lowest BCUT2D eigenvalue weighted by Crippen LogP contribution is -2.31. The van der Waals surface area contributed by atoms with Crippen LogP contribution in [0, 0.1) is 6.92 Å². The molecule has 1 aliphatic rings. The molecule has 88 valence electrons. The highest BCUT2D eigenvalue weighted by Crippen LogP contribution is 2.33. The summed E-state index contributed by atoms with van der Waals surface area (Å²) in [6, 6.07) is 2.58. The zero-order valence-electron chi connectivity index (χ0n) is 9.94. The van der Waals surface area contributed by atoms with E-state index in [1.165, 1.54) is 12.8 Å². The molecule has 16 heavy (non-hydrogen) atoms. The number of aromatic nitrogens is 1. The van der Waals surface area contributed by atoms with Crippen molar-refractivity contribution in [3.8, 4) is 0 Å². The molecule has 0 amide bonds. The maximum Gasteiger partial charge on any atom is 0.152 e. The molecule has 1 fully saturated rings. The number of nitrogen functional groups attached to an aromatic ring is 1. The largest absolute Gasteiger partial charge is 0.396 e. The van der Waals surface area contributed by atoms with Gasteiger partial charge in [-0.05, 0) is 31.4 Å². The van der Waals surface area contributed by atoms with Crippen LogP contribution >= 0.6 is 0 Å². The molecule has 1 heterocycles. The quantitative estimate of drug-likeness (QED) is 0.820. The van der Waals surface area contributed by atoms with Crippen molar-refractivity contribution in [2.45, 2.75) is 25.8 Å². The van der Waals surface area contributed by atoms with Gasteiger partial charge in [-0.25, -0.2) is 4.98 Å². The number of anilines is 2. The summed E-state index contributed by atoms with van der Waals surface area (Å²) in [5.41, 5.74) is 7.88. The van der Waals surface area contributed by atoms with Crippen LogP contribution < -0.4 is 10.6 Å². The monoisotopic (exact) mass is 221 g/mol. The van der Waals surface area contributed by atoms with E-state index in [1.54, 1.807) is 7.11 Å². The van der Waals surface area contributed by atoms with Gasteiger partial charge in [-0.1, -0.05) is 0 Å². The number of hydrogen-bond donors (Lipinski definition) is 1. The number of nitrogens with zero attached hydrogens (tertiary/aromatic N) is 2. The molecule has 2 rings (SSSR count). The summed E-state index contributed by atoms with van der Waals surface area (Å²) < 4.78 is 5.13. The first-order valence-corrected chi connectivity index (χ1v) is 5.70. The van der Waals surface area contributed by atoms with Gasteiger partial charge in [-0.15, -0.1) is 0 Å². The molecule has 1 aromatic heterocycles. The average Bonchev–Trinajstić information content (AvgIpc) is 3.05. The van der Waals surface area contributed by atoms with Gasteiger partial charge in [0.1, 0.15) is 0 Å². The van der Waals surface area contributed by atoms with Crippen molar-refractivity contribution in [3.05, 3.63) is 17.8 Å². The zero-order chi connectivity index (χ0) is 11.5. The molecule has 0 atom stereocenters. The maximum atomic E-state index is 6.01. The Bertz CT molecular complexity index is 363. The Hall–Kier alpha value is -1.29. The lowest BCUT2D eigenvalue weighted by Gasteiger charge is -2.24. The van der Waals surface area contributed by atoms with E-state index in [1.807, 2.05) is 19.2 Å². The molecule has 4 heteroatoms. The Morgan fingerprint density at radius 1 is 1.56 bits per heavy atom. The second-order valence-corrected chi connectivity index (χ2v) is 4.34. The molecular weight excluding hydrogens is 202 g/mol. The average molecular weight is 221 g/mol. The van der Waals surface area contributed by atoms with E-state index in [9.17, 15) is 0 Å². The smallest absolute Gasteiger partial charge is 0.152 e. The van der Waals surface area contributed by atoms with Crippen LogP contribution in [0.5, 0.6) is 0 Å². The van der Waals surface area contributed by atoms with E-state index in [-0.39, 0.29) is 0 Å². The molecule has 4 nitrogen and oxygen atoms in total. The SMILES string of the molecule is COCCN(c1ncc(C)cc1N)C1CC1. The number of aryl methyl sites for hydroxylation is 1. The predicted molar refractivity (Wildman–Crippen MR) is 65.6 cm³/mol. The van der Waals surface area contributed by atoms with Crippen molar-refractivity contribution in [1.29, 1.82) is 0 Å². The number of ether oxygens (including phenoxy) is 1. The molecule has 1 aromatic rings. The fourth-order valence-electron chi connectivity index (χ4n) is 1.86. The summed E-state index contributed by atoms with van der Waals surface area (Å²) in [5.74, 6) is 0.908. The Balaban J connectivity index is 2.17. The minimum Gasteiger partial charge on any atom is -0.396 e. The van der Waals surface area contributed by atoms with Crippen LogP contribution in [0.2, 0.25) is 0 Å². The van der Waals surface area contributed by atoms with Crippen molar-refractivity contribution in [3.63, 3.8) is 0 Å². The summed E-state index contributed by atoms with van der Waals surface area (Å²) in [4.78, 5) is 6.70. The summed E-state index contributed by atoms with van der Waals surface area (Å²) in [5, 5.41) is 0. The lowest BCUT2D eigenvalue weighted by atomic mass is 10.2. The fraction of sp³-hybridized carbons (Fsp3) is 0.583.